The van der Waals surface area contributed by atoms with Crippen molar-refractivity contribution in [3.8, 4) is 0 Å². The predicted molar refractivity (Wildman–Crippen MR) is 97.1 cm³/mol. The van der Waals surface area contributed by atoms with E-state index in [2.05, 4.69) is 10.4 Å². The molecule has 0 spiro atoms. The summed E-state index contributed by atoms with van der Waals surface area (Å²) in [6.45, 7) is 1.51. The molecule has 0 amide bonds. The van der Waals surface area contributed by atoms with E-state index in [1.807, 2.05) is 0 Å². The fourth-order valence-electron chi connectivity index (χ4n) is 6.25. The second-order valence-corrected chi connectivity index (χ2v) is 9.12. The van der Waals surface area contributed by atoms with E-state index in [4.69, 9.17) is 16.3 Å². The van der Waals surface area contributed by atoms with Gasteiger partial charge in [-0.1, -0.05) is 11.6 Å². The summed E-state index contributed by atoms with van der Waals surface area (Å²) in [5.74, 6) is 2.32. The third-order valence-electron chi connectivity index (χ3n) is 6.92. The molecule has 0 radical (unpaired) electrons. The van der Waals surface area contributed by atoms with Gasteiger partial charge in [0, 0.05) is 13.2 Å². The standard InChI is InChI=1S/C19H26ClN3O2/c20-17-16(21-10-15-2-1-3-25-15)11-22-23(18(17)24)19-7-12-4-13(8-19)6-14(5-12)9-19/h11-15,21H,1-10H2/t12?,13?,14?,15-,19?/m0/s1. The Labute approximate surface area is 153 Å². The lowest BCUT2D eigenvalue weighted by Crippen LogP contribution is -2.55. The van der Waals surface area contributed by atoms with Crippen molar-refractivity contribution in [3.63, 3.8) is 0 Å². The van der Waals surface area contributed by atoms with Gasteiger partial charge in [0.1, 0.15) is 5.02 Å². The number of ether oxygens (including phenoxy) is 1. The number of anilines is 1. The zero-order valence-corrected chi connectivity index (χ0v) is 15.3. The minimum absolute atomic E-state index is 0.0808. The summed E-state index contributed by atoms with van der Waals surface area (Å²) in [4.78, 5) is 13.0. The van der Waals surface area contributed by atoms with Gasteiger partial charge in [0.05, 0.1) is 23.5 Å². The molecule has 5 fully saturated rings. The Hall–Kier alpha value is -1.07. The highest BCUT2D eigenvalue weighted by Crippen LogP contribution is 2.58. The Bertz CT molecular complexity index is 691. The first-order chi connectivity index (χ1) is 12.1. The largest absolute Gasteiger partial charge is 0.380 e. The maximum atomic E-state index is 13.0. The smallest absolute Gasteiger partial charge is 0.288 e. The lowest BCUT2D eigenvalue weighted by molar-refractivity contribution is -0.0518. The monoisotopic (exact) mass is 363 g/mol. The zero-order chi connectivity index (χ0) is 17.0. The van der Waals surface area contributed by atoms with Crippen molar-refractivity contribution in [2.45, 2.75) is 63.0 Å². The SMILES string of the molecule is O=c1c(Cl)c(NC[C@@H]2CCCO2)cnn1C12CC3CC(CC(C3)C1)C2. The lowest BCUT2D eigenvalue weighted by Gasteiger charge is -2.56. The van der Waals surface area contributed by atoms with E-state index in [0.29, 0.717) is 12.2 Å². The molecule has 136 valence electrons. The number of nitrogens with zero attached hydrogens (tertiary/aromatic N) is 2. The fraction of sp³-hybridized carbons (Fsp3) is 0.789. The van der Waals surface area contributed by atoms with Crippen molar-refractivity contribution < 1.29 is 4.74 Å². The van der Waals surface area contributed by atoms with Crippen LogP contribution >= 0.6 is 11.6 Å². The molecule has 1 saturated heterocycles. The molecule has 6 heteroatoms. The van der Waals surface area contributed by atoms with Gasteiger partial charge in [-0.25, -0.2) is 4.68 Å². The van der Waals surface area contributed by atoms with Gasteiger partial charge >= 0.3 is 0 Å². The van der Waals surface area contributed by atoms with Gasteiger partial charge in [0.2, 0.25) is 0 Å². The van der Waals surface area contributed by atoms with Crippen LogP contribution in [0, 0.1) is 17.8 Å². The molecule has 0 aromatic carbocycles. The molecule has 0 unspecified atom stereocenters. The number of rotatable bonds is 4. The van der Waals surface area contributed by atoms with Gasteiger partial charge in [-0.3, -0.25) is 4.79 Å². The van der Waals surface area contributed by atoms with E-state index in [1.165, 1.54) is 19.3 Å². The van der Waals surface area contributed by atoms with Crippen LogP contribution in [0.4, 0.5) is 5.69 Å². The number of hydrogen-bond donors (Lipinski definition) is 1. The van der Waals surface area contributed by atoms with Gasteiger partial charge in [-0.2, -0.15) is 5.10 Å². The van der Waals surface area contributed by atoms with Crippen molar-refractivity contribution in [2.75, 3.05) is 18.5 Å². The first-order valence-electron chi connectivity index (χ1n) is 9.77. The lowest BCUT2D eigenvalue weighted by atomic mass is 9.53. The van der Waals surface area contributed by atoms with E-state index in [9.17, 15) is 4.79 Å². The van der Waals surface area contributed by atoms with E-state index in [-0.39, 0.29) is 22.2 Å². The Morgan fingerprint density at radius 1 is 1.24 bits per heavy atom. The highest BCUT2D eigenvalue weighted by atomic mass is 35.5. The normalized spacial score (nSPS) is 39.1. The van der Waals surface area contributed by atoms with Gasteiger partial charge in [-0.15, -0.1) is 0 Å². The molecule has 1 atom stereocenters. The maximum absolute atomic E-state index is 13.0. The van der Waals surface area contributed by atoms with Crippen molar-refractivity contribution in [1.82, 2.24) is 9.78 Å². The maximum Gasteiger partial charge on any atom is 0.288 e. The summed E-state index contributed by atoms with van der Waals surface area (Å²) < 4.78 is 7.37. The minimum Gasteiger partial charge on any atom is -0.380 e. The molecule has 6 rings (SSSR count). The van der Waals surface area contributed by atoms with Crippen molar-refractivity contribution in [1.29, 1.82) is 0 Å². The van der Waals surface area contributed by atoms with E-state index in [1.54, 1.807) is 10.9 Å². The average molecular weight is 364 g/mol. The van der Waals surface area contributed by atoms with Gasteiger partial charge in [-0.05, 0) is 69.1 Å². The summed E-state index contributed by atoms with van der Waals surface area (Å²) >= 11 is 6.45. The van der Waals surface area contributed by atoms with Crippen LogP contribution in [0.1, 0.15) is 51.4 Å². The summed E-state index contributed by atoms with van der Waals surface area (Å²) in [5.41, 5.74) is 0.437. The third-order valence-corrected chi connectivity index (χ3v) is 7.28. The molecule has 1 N–H and O–H groups in total. The highest BCUT2D eigenvalue weighted by Gasteiger charge is 2.53. The molecule has 5 nitrogen and oxygen atoms in total. The molecule has 2 heterocycles. The number of hydrogen-bond acceptors (Lipinski definition) is 4. The van der Waals surface area contributed by atoms with Gasteiger partial charge in [0.25, 0.3) is 5.56 Å². The summed E-state index contributed by atoms with van der Waals surface area (Å²) in [6.07, 6.45) is 11.5. The number of nitrogens with one attached hydrogen (secondary N) is 1. The minimum atomic E-state index is -0.124. The molecule has 25 heavy (non-hydrogen) atoms. The van der Waals surface area contributed by atoms with Crippen molar-refractivity contribution in [3.05, 3.63) is 21.6 Å². The highest BCUT2D eigenvalue weighted by molar-refractivity contribution is 6.32. The Morgan fingerprint density at radius 2 is 1.92 bits per heavy atom. The molecule has 4 bridgehead atoms. The molecule has 1 aromatic heterocycles. The number of halogens is 1. The van der Waals surface area contributed by atoms with Crippen LogP contribution in [-0.2, 0) is 10.3 Å². The van der Waals surface area contributed by atoms with Crippen LogP contribution in [0.3, 0.4) is 0 Å². The Balaban J connectivity index is 1.41. The Morgan fingerprint density at radius 3 is 2.52 bits per heavy atom. The summed E-state index contributed by atoms with van der Waals surface area (Å²) in [7, 11) is 0. The van der Waals surface area contributed by atoms with E-state index >= 15 is 0 Å². The van der Waals surface area contributed by atoms with Crippen LogP contribution in [-0.4, -0.2) is 29.0 Å². The predicted octanol–water partition coefficient (Wildman–Crippen LogP) is 3.41. The molecule has 1 aromatic rings. The van der Waals surface area contributed by atoms with Gasteiger partial charge in [0.15, 0.2) is 0 Å². The van der Waals surface area contributed by atoms with Crippen LogP contribution in [0.15, 0.2) is 11.0 Å². The number of aromatic nitrogens is 2. The summed E-state index contributed by atoms with van der Waals surface area (Å²) in [5, 5.41) is 8.14. The van der Waals surface area contributed by atoms with Crippen molar-refractivity contribution >= 4 is 17.3 Å². The van der Waals surface area contributed by atoms with Crippen LogP contribution < -0.4 is 10.9 Å². The topological polar surface area (TPSA) is 56.1 Å². The quantitative estimate of drug-likeness (QED) is 0.890. The van der Waals surface area contributed by atoms with Crippen molar-refractivity contribution in [2.24, 2.45) is 17.8 Å². The molecular weight excluding hydrogens is 338 g/mol. The fourth-order valence-corrected chi connectivity index (χ4v) is 6.44. The second kappa shape index (κ2) is 5.98. The van der Waals surface area contributed by atoms with E-state index in [0.717, 1.165) is 56.5 Å². The van der Waals surface area contributed by atoms with Crippen LogP contribution in [0.5, 0.6) is 0 Å². The van der Waals surface area contributed by atoms with E-state index < -0.39 is 0 Å². The molecule has 4 saturated carbocycles. The molecular formula is C19H26ClN3O2. The molecule has 4 aliphatic carbocycles. The second-order valence-electron chi connectivity index (χ2n) is 8.75. The Kier molecular flexibility index (Phi) is 3.86. The summed E-state index contributed by atoms with van der Waals surface area (Å²) in [6, 6.07) is 0. The van der Waals surface area contributed by atoms with Crippen LogP contribution in [0.2, 0.25) is 5.02 Å². The first-order valence-corrected chi connectivity index (χ1v) is 10.1. The average Bonchev–Trinajstić information content (AvgIpc) is 3.08. The third kappa shape index (κ3) is 2.71. The molecule has 1 aliphatic heterocycles. The zero-order valence-electron chi connectivity index (χ0n) is 14.5. The molecule has 5 aliphatic rings. The van der Waals surface area contributed by atoms with Gasteiger partial charge < -0.3 is 10.1 Å². The first kappa shape index (κ1) is 16.1. The van der Waals surface area contributed by atoms with Crippen LogP contribution in [0.25, 0.3) is 0 Å².